The van der Waals surface area contributed by atoms with Crippen molar-refractivity contribution in [2.45, 2.75) is 20.0 Å². The minimum absolute atomic E-state index is 0.0352. The lowest BCUT2D eigenvalue weighted by Gasteiger charge is -2.20. The number of aromatic nitrogens is 4. The maximum absolute atomic E-state index is 12.6. The largest absolute Gasteiger partial charge is 0.497 e. The molecule has 0 spiro atoms. The zero-order valence-corrected chi connectivity index (χ0v) is 15.4. The molecule has 0 atom stereocenters. The molecular formula is C19H22N6O2. The molecular weight excluding hydrogens is 344 g/mol. The first-order chi connectivity index (χ1) is 13.2. The topological polar surface area (TPSA) is 85.2 Å². The fraction of sp³-hybridized carbons (Fsp3) is 0.263. The van der Waals surface area contributed by atoms with E-state index in [1.165, 1.54) is 4.80 Å². The molecule has 0 saturated heterocycles. The van der Waals surface area contributed by atoms with Gasteiger partial charge in [0, 0.05) is 18.8 Å². The van der Waals surface area contributed by atoms with E-state index in [1.54, 1.807) is 12.0 Å². The Balaban J connectivity index is 1.59. The standard InChI is InChI=1S/C19H22N6O2/c1-3-24(13-15-9-11-17(27-2)12-10-15)18(26)14-25-22-19(21-23-25)20-16-7-5-4-6-8-16/h4-12H,3,13-14H2,1-2H3,(H,20,22). The van der Waals surface area contributed by atoms with Gasteiger partial charge in [0.1, 0.15) is 12.3 Å². The Morgan fingerprint density at radius 1 is 1.15 bits per heavy atom. The Morgan fingerprint density at radius 2 is 1.89 bits per heavy atom. The average Bonchev–Trinajstić information content (AvgIpc) is 3.14. The number of carbonyl (C=O) groups excluding carboxylic acids is 1. The van der Waals surface area contributed by atoms with Crippen molar-refractivity contribution in [3.05, 3.63) is 60.2 Å². The van der Waals surface area contributed by atoms with E-state index in [0.717, 1.165) is 17.0 Å². The predicted octanol–water partition coefficient (Wildman–Crippen LogP) is 2.47. The van der Waals surface area contributed by atoms with E-state index < -0.39 is 0 Å². The molecule has 0 aliphatic heterocycles. The van der Waals surface area contributed by atoms with Crippen LogP contribution in [0, 0.1) is 0 Å². The van der Waals surface area contributed by atoms with Crippen LogP contribution in [-0.4, -0.2) is 44.7 Å². The first kappa shape index (κ1) is 18.4. The summed E-state index contributed by atoms with van der Waals surface area (Å²) in [5, 5.41) is 15.1. The third-order valence-electron chi connectivity index (χ3n) is 4.03. The molecule has 27 heavy (non-hydrogen) atoms. The summed E-state index contributed by atoms with van der Waals surface area (Å²) < 4.78 is 5.16. The zero-order valence-electron chi connectivity index (χ0n) is 15.4. The van der Waals surface area contributed by atoms with E-state index in [4.69, 9.17) is 4.74 Å². The smallest absolute Gasteiger partial charge is 0.267 e. The predicted molar refractivity (Wildman–Crippen MR) is 102 cm³/mol. The molecule has 0 aliphatic rings. The number of hydrogen-bond donors (Lipinski definition) is 1. The second-order valence-electron chi connectivity index (χ2n) is 5.89. The fourth-order valence-corrected chi connectivity index (χ4v) is 2.56. The quantitative estimate of drug-likeness (QED) is 0.659. The van der Waals surface area contributed by atoms with Crippen molar-refractivity contribution in [1.82, 2.24) is 25.1 Å². The SMILES string of the molecule is CCN(Cc1ccc(OC)cc1)C(=O)Cn1nnc(Nc2ccccc2)n1. The number of benzene rings is 2. The third kappa shape index (κ3) is 5.04. The van der Waals surface area contributed by atoms with Gasteiger partial charge in [-0.25, -0.2) is 0 Å². The summed E-state index contributed by atoms with van der Waals surface area (Å²) in [4.78, 5) is 15.6. The Hall–Kier alpha value is -3.42. The van der Waals surface area contributed by atoms with Gasteiger partial charge in [-0.05, 0) is 42.0 Å². The molecule has 0 radical (unpaired) electrons. The lowest BCUT2D eigenvalue weighted by Crippen LogP contribution is -2.33. The van der Waals surface area contributed by atoms with Crippen LogP contribution in [-0.2, 0) is 17.9 Å². The van der Waals surface area contributed by atoms with Crippen molar-refractivity contribution in [3.8, 4) is 5.75 Å². The lowest BCUT2D eigenvalue weighted by atomic mass is 10.2. The van der Waals surface area contributed by atoms with E-state index in [0.29, 0.717) is 19.0 Å². The van der Waals surface area contributed by atoms with Crippen LogP contribution in [0.15, 0.2) is 54.6 Å². The molecule has 0 fully saturated rings. The number of methoxy groups -OCH3 is 1. The normalized spacial score (nSPS) is 10.4. The number of para-hydroxylation sites is 1. The van der Waals surface area contributed by atoms with Crippen LogP contribution in [0.25, 0.3) is 0 Å². The van der Waals surface area contributed by atoms with Crippen molar-refractivity contribution >= 4 is 17.5 Å². The van der Waals surface area contributed by atoms with Gasteiger partial charge >= 0.3 is 0 Å². The number of nitrogens with one attached hydrogen (secondary N) is 1. The number of tetrazole rings is 1. The summed E-state index contributed by atoms with van der Waals surface area (Å²) in [6.07, 6.45) is 0. The molecule has 3 aromatic rings. The highest BCUT2D eigenvalue weighted by atomic mass is 16.5. The number of rotatable bonds is 8. The van der Waals surface area contributed by atoms with Gasteiger partial charge in [0.2, 0.25) is 5.91 Å². The van der Waals surface area contributed by atoms with Gasteiger partial charge in [0.25, 0.3) is 5.95 Å². The highest BCUT2D eigenvalue weighted by Gasteiger charge is 2.15. The maximum atomic E-state index is 12.6. The molecule has 0 unspecified atom stereocenters. The number of amides is 1. The number of ether oxygens (including phenoxy) is 1. The second kappa shape index (κ2) is 8.79. The van der Waals surface area contributed by atoms with E-state index >= 15 is 0 Å². The summed E-state index contributed by atoms with van der Waals surface area (Å²) in [6.45, 7) is 3.09. The highest BCUT2D eigenvalue weighted by Crippen LogP contribution is 2.14. The maximum Gasteiger partial charge on any atom is 0.267 e. The summed E-state index contributed by atoms with van der Waals surface area (Å²) in [5.41, 5.74) is 1.89. The van der Waals surface area contributed by atoms with Gasteiger partial charge in [0.05, 0.1) is 7.11 Å². The first-order valence-corrected chi connectivity index (χ1v) is 8.68. The van der Waals surface area contributed by atoms with E-state index in [9.17, 15) is 4.79 Å². The molecule has 1 heterocycles. The number of anilines is 2. The molecule has 1 amide bonds. The van der Waals surface area contributed by atoms with Crippen molar-refractivity contribution in [1.29, 1.82) is 0 Å². The van der Waals surface area contributed by atoms with Gasteiger partial charge in [-0.3, -0.25) is 4.79 Å². The zero-order chi connectivity index (χ0) is 19.1. The molecule has 0 bridgehead atoms. The van der Waals surface area contributed by atoms with Crippen LogP contribution < -0.4 is 10.1 Å². The van der Waals surface area contributed by atoms with Gasteiger partial charge in [0.15, 0.2) is 0 Å². The Kier molecular flexibility index (Phi) is 5.98. The number of hydrogen-bond acceptors (Lipinski definition) is 6. The van der Waals surface area contributed by atoms with E-state index in [1.807, 2.05) is 61.5 Å². The van der Waals surface area contributed by atoms with Crippen molar-refractivity contribution in [2.75, 3.05) is 19.0 Å². The fourth-order valence-electron chi connectivity index (χ4n) is 2.56. The van der Waals surface area contributed by atoms with Gasteiger partial charge < -0.3 is 15.0 Å². The lowest BCUT2D eigenvalue weighted by molar-refractivity contribution is -0.132. The second-order valence-corrected chi connectivity index (χ2v) is 5.89. The number of likely N-dealkylation sites (N-methyl/N-ethyl adjacent to an activating group) is 1. The number of carbonyl (C=O) groups is 1. The molecule has 1 N–H and O–H groups in total. The molecule has 8 nitrogen and oxygen atoms in total. The summed E-state index contributed by atoms with van der Waals surface area (Å²) in [7, 11) is 1.63. The molecule has 0 saturated carbocycles. The third-order valence-corrected chi connectivity index (χ3v) is 4.03. The van der Waals surface area contributed by atoms with Crippen LogP contribution in [0.4, 0.5) is 11.6 Å². The van der Waals surface area contributed by atoms with Crippen LogP contribution in [0.3, 0.4) is 0 Å². The van der Waals surface area contributed by atoms with Crippen molar-refractivity contribution < 1.29 is 9.53 Å². The molecule has 1 aromatic heterocycles. The minimum atomic E-state index is -0.0722. The summed E-state index contributed by atoms with van der Waals surface area (Å²) >= 11 is 0. The van der Waals surface area contributed by atoms with Crippen LogP contribution in [0.5, 0.6) is 5.75 Å². The first-order valence-electron chi connectivity index (χ1n) is 8.68. The van der Waals surface area contributed by atoms with Crippen LogP contribution in [0.1, 0.15) is 12.5 Å². The average molecular weight is 366 g/mol. The van der Waals surface area contributed by atoms with Crippen LogP contribution >= 0.6 is 0 Å². The van der Waals surface area contributed by atoms with Gasteiger partial charge in [-0.15, -0.1) is 5.10 Å². The summed E-state index contributed by atoms with van der Waals surface area (Å²) in [5.74, 6) is 1.07. The molecule has 0 aliphatic carbocycles. The van der Waals surface area contributed by atoms with E-state index in [2.05, 4.69) is 20.7 Å². The molecule has 8 heteroatoms. The Labute approximate surface area is 157 Å². The van der Waals surface area contributed by atoms with Gasteiger partial charge in [-0.1, -0.05) is 35.4 Å². The minimum Gasteiger partial charge on any atom is -0.497 e. The molecule has 3 rings (SSSR count). The highest BCUT2D eigenvalue weighted by molar-refractivity contribution is 5.75. The van der Waals surface area contributed by atoms with Crippen LogP contribution in [0.2, 0.25) is 0 Å². The Bertz CT molecular complexity index is 863. The Morgan fingerprint density at radius 3 is 2.56 bits per heavy atom. The molecule has 2 aromatic carbocycles. The van der Waals surface area contributed by atoms with Crippen molar-refractivity contribution in [3.63, 3.8) is 0 Å². The van der Waals surface area contributed by atoms with Crippen molar-refractivity contribution in [2.24, 2.45) is 0 Å². The monoisotopic (exact) mass is 366 g/mol. The number of nitrogens with zero attached hydrogens (tertiary/aromatic N) is 5. The summed E-state index contributed by atoms with van der Waals surface area (Å²) in [6, 6.07) is 17.2. The van der Waals surface area contributed by atoms with Gasteiger partial charge in [-0.2, -0.15) is 4.80 Å². The molecule has 140 valence electrons. The van der Waals surface area contributed by atoms with E-state index in [-0.39, 0.29) is 12.5 Å².